The van der Waals surface area contributed by atoms with Crippen LogP contribution >= 0.6 is 0 Å². The van der Waals surface area contributed by atoms with Crippen LogP contribution in [0.5, 0.6) is 5.75 Å². The summed E-state index contributed by atoms with van der Waals surface area (Å²) in [4.78, 5) is 22.2. The van der Waals surface area contributed by atoms with Crippen LogP contribution in [-0.4, -0.2) is 22.2 Å². The summed E-state index contributed by atoms with van der Waals surface area (Å²) in [5.41, 5.74) is 4.58. The number of rotatable bonds is 7. The number of nitrogens with one attached hydrogen (secondary N) is 1. The van der Waals surface area contributed by atoms with Crippen LogP contribution in [0.2, 0.25) is 0 Å². The van der Waals surface area contributed by atoms with E-state index in [1.807, 2.05) is 12.1 Å². The molecule has 0 aliphatic carbocycles. The molecule has 0 unspecified atom stereocenters. The average molecular weight is 341 g/mol. The van der Waals surface area contributed by atoms with Crippen molar-refractivity contribution in [2.24, 2.45) is 5.10 Å². The molecule has 0 spiro atoms. The van der Waals surface area contributed by atoms with Crippen LogP contribution in [-0.2, 0) is 11.2 Å². The van der Waals surface area contributed by atoms with Crippen molar-refractivity contribution in [3.8, 4) is 5.75 Å². The molecule has 7 nitrogen and oxygen atoms in total. The normalized spacial score (nSPS) is 10.8. The summed E-state index contributed by atoms with van der Waals surface area (Å²) in [7, 11) is 0. The van der Waals surface area contributed by atoms with Crippen molar-refractivity contribution in [2.75, 3.05) is 0 Å². The van der Waals surface area contributed by atoms with Gasteiger partial charge in [-0.05, 0) is 37.5 Å². The number of phenols is 1. The number of nitro benzene ring substituents is 1. The molecular weight excluding hydrogens is 322 g/mol. The number of hydrazone groups is 1. The molecule has 0 radical (unpaired) electrons. The molecule has 2 rings (SSSR count). The fourth-order valence-corrected chi connectivity index (χ4v) is 2.25. The molecule has 0 saturated carbocycles. The molecule has 0 aliphatic rings. The van der Waals surface area contributed by atoms with Crippen molar-refractivity contribution in [1.82, 2.24) is 5.43 Å². The lowest BCUT2D eigenvalue weighted by atomic mass is 10.1. The lowest BCUT2D eigenvalue weighted by Crippen LogP contribution is -2.17. The molecule has 0 atom stereocenters. The zero-order chi connectivity index (χ0) is 18.2. The maximum Gasteiger partial charge on any atom is 0.272 e. The second kappa shape index (κ2) is 8.58. The summed E-state index contributed by atoms with van der Waals surface area (Å²) in [6, 6.07) is 11.6. The first-order valence-electron chi connectivity index (χ1n) is 7.80. The first kappa shape index (κ1) is 18.1. The molecule has 25 heavy (non-hydrogen) atoms. The Balaban J connectivity index is 1.79. The summed E-state index contributed by atoms with van der Waals surface area (Å²) in [5.74, 6) is -0.0104. The van der Waals surface area contributed by atoms with Crippen LogP contribution in [0, 0.1) is 17.0 Å². The number of hydrogen-bond acceptors (Lipinski definition) is 5. The Labute approximate surface area is 145 Å². The fourth-order valence-electron chi connectivity index (χ4n) is 2.25. The van der Waals surface area contributed by atoms with Gasteiger partial charge in [0, 0.05) is 23.6 Å². The van der Waals surface area contributed by atoms with Crippen molar-refractivity contribution < 1.29 is 14.8 Å². The summed E-state index contributed by atoms with van der Waals surface area (Å²) in [6.07, 6.45) is 3.07. The topological polar surface area (TPSA) is 105 Å². The molecule has 0 heterocycles. The van der Waals surface area contributed by atoms with Crippen LogP contribution in [0.25, 0.3) is 0 Å². The molecule has 0 aromatic heterocycles. The summed E-state index contributed by atoms with van der Waals surface area (Å²) >= 11 is 0. The van der Waals surface area contributed by atoms with Gasteiger partial charge in [0.2, 0.25) is 5.91 Å². The minimum Gasteiger partial charge on any atom is -0.508 e. The van der Waals surface area contributed by atoms with E-state index in [1.54, 1.807) is 31.2 Å². The van der Waals surface area contributed by atoms with Crippen LogP contribution in [0.1, 0.15) is 29.5 Å². The highest BCUT2D eigenvalue weighted by Gasteiger charge is 2.10. The number of benzene rings is 2. The Kier molecular flexibility index (Phi) is 6.22. The van der Waals surface area contributed by atoms with E-state index >= 15 is 0 Å². The van der Waals surface area contributed by atoms with Crippen molar-refractivity contribution in [3.63, 3.8) is 0 Å². The van der Waals surface area contributed by atoms with Gasteiger partial charge in [-0.25, -0.2) is 5.43 Å². The average Bonchev–Trinajstić information content (AvgIpc) is 2.58. The first-order valence-corrected chi connectivity index (χ1v) is 7.80. The molecule has 1 amide bonds. The number of carbonyl (C=O) groups is 1. The highest BCUT2D eigenvalue weighted by atomic mass is 16.6. The molecular formula is C18H19N3O4. The lowest BCUT2D eigenvalue weighted by molar-refractivity contribution is -0.385. The van der Waals surface area contributed by atoms with Gasteiger partial charge >= 0.3 is 0 Å². The predicted octanol–water partition coefficient (Wildman–Crippen LogP) is 3.08. The maximum absolute atomic E-state index is 11.7. The second-order valence-corrected chi connectivity index (χ2v) is 5.62. The number of phenolic OH excluding ortho intramolecular Hbond substituents is 1. The third-order valence-electron chi connectivity index (χ3n) is 3.64. The van der Waals surface area contributed by atoms with Crippen molar-refractivity contribution in [3.05, 3.63) is 69.3 Å². The number of aromatic hydroxyl groups is 1. The predicted molar refractivity (Wildman–Crippen MR) is 94.6 cm³/mol. The van der Waals surface area contributed by atoms with E-state index < -0.39 is 4.92 Å². The third kappa shape index (κ3) is 5.72. The highest BCUT2D eigenvalue weighted by Crippen LogP contribution is 2.18. The lowest BCUT2D eigenvalue weighted by Gasteiger charge is -2.02. The van der Waals surface area contributed by atoms with E-state index in [1.165, 1.54) is 12.3 Å². The minimum atomic E-state index is -0.450. The van der Waals surface area contributed by atoms with E-state index in [9.17, 15) is 20.0 Å². The van der Waals surface area contributed by atoms with Gasteiger partial charge in [0.1, 0.15) is 5.75 Å². The van der Waals surface area contributed by atoms with E-state index in [2.05, 4.69) is 10.5 Å². The van der Waals surface area contributed by atoms with Gasteiger partial charge in [-0.2, -0.15) is 5.10 Å². The highest BCUT2D eigenvalue weighted by molar-refractivity contribution is 5.83. The van der Waals surface area contributed by atoms with Crippen molar-refractivity contribution in [2.45, 2.75) is 26.2 Å². The Bertz CT molecular complexity index is 785. The summed E-state index contributed by atoms with van der Waals surface area (Å²) in [5, 5.41) is 23.9. The van der Waals surface area contributed by atoms with Crippen molar-refractivity contribution >= 4 is 17.8 Å². The molecule has 0 fully saturated rings. The minimum absolute atomic E-state index is 0.0178. The van der Waals surface area contributed by atoms with E-state index in [-0.39, 0.29) is 17.3 Å². The first-order chi connectivity index (χ1) is 12.0. The number of nitro groups is 1. The van der Waals surface area contributed by atoms with Crippen LogP contribution in [0.4, 0.5) is 5.69 Å². The quantitative estimate of drug-likeness (QED) is 0.458. The third-order valence-corrected chi connectivity index (χ3v) is 3.64. The van der Waals surface area contributed by atoms with Crippen LogP contribution in [0.3, 0.4) is 0 Å². The molecule has 0 saturated heterocycles. The Morgan fingerprint density at radius 1 is 1.28 bits per heavy atom. The van der Waals surface area contributed by atoms with Crippen LogP contribution in [0.15, 0.2) is 47.6 Å². The molecule has 7 heteroatoms. The number of carbonyl (C=O) groups excluding carboxylic acids is 1. The van der Waals surface area contributed by atoms with Gasteiger partial charge < -0.3 is 5.11 Å². The summed E-state index contributed by atoms with van der Waals surface area (Å²) < 4.78 is 0. The number of nitrogens with zero attached hydrogens (tertiary/aromatic N) is 2. The number of amides is 1. The van der Waals surface area contributed by atoms with Gasteiger partial charge in [0.25, 0.3) is 5.69 Å². The zero-order valence-corrected chi connectivity index (χ0v) is 13.8. The Morgan fingerprint density at radius 3 is 2.68 bits per heavy atom. The second-order valence-electron chi connectivity index (χ2n) is 5.62. The molecule has 0 aliphatic heterocycles. The summed E-state index contributed by atoms with van der Waals surface area (Å²) in [6.45, 7) is 1.66. The smallest absolute Gasteiger partial charge is 0.272 e. The van der Waals surface area contributed by atoms with Gasteiger partial charge in [0.15, 0.2) is 0 Å². The SMILES string of the molecule is Cc1ccc(/C=N/NC(=O)CCCc2ccc(O)cc2)cc1[N+](=O)[O-]. The monoisotopic (exact) mass is 341 g/mol. The molecule has 130 valence electrons. The number of aryl methyl sites for hydroxylation is 2. The van der Waals surface area contributed by atoms with E-state index in [0.717, 1.165) is 12.0 Å². The molecule has 2 aromatic rings. The van der Waals surface area contributed by atoms with Crippen molar-refractivity contribution in [1.29, 1.82) is 0 Å². The fraction of sp³-hybridized carbons (Fsp3) is 0.222. The zero-order valence-electron chi connectivity index (χ0n) is 13.8. The molecule has 0 bridgehead atoms. The number of hydrogen-bond donors (Lipinski definition) is 2. The standard InChI is InChI=1S/C18H19N3O4/c1-13-5-6-15(11-17(13)21(24)25)12-19-20-18(23)4-2-3-14-7-9-16(22)10-8-14/h5-12,22H,2-4H2,1H3,(H,20,23)/b19-12+. The van der Waals surface area contributed by atoms with Gasteiger partial charge in [-0.1, -0.05) is 24.3 Å². The van der Waals surface area contributed by atoms with Gasteiger partial charge in [-0.15, -0.1) is 0 Å². The van der Waals surface area contributed by atoms with Gasteiger partial charge in [0.05, 0.1) is 11.1 Å². The van der Waals surface area contributed by atoms with Gasteiger partial charge in [-0.3, -0.25) is 14.9 Å². The van der Waals surface area contributed by atoms with Crippen LogP contribution < -0.4 is 5.43 Å². The maximum atomic E-state index is 11.7. The largest absolute Gasteiger partial charge is 0.508 e. The molecule has 2 N–H and O–H groups in total. The van der Waals surface area contributed by atoms with E-state index in [4.69, 9.17) is 0 Å². The molecule has 2 aromatic carbocycles. The Morgan fingerprint density at radius 2 is 2.00 bits per heavy atom. The van der Waals surface area contributed by atoms with E-state index in [0.29, 0.717) is 24.0 Å². The Hall–Kier alpha value is -3.22.